The van der Waals surface area contributed by atoms with E-state index in [2.05, 4.69) is 4.99 Å². The van der Waals surface area contributed by atoms with Gasteiger partial charge in [-0.25, -0.2) is 4.79 Å². The molecule has 0 saturated heterocycles. The van der Waals surface area contributed by atoms with E-state index >= 15 is 0 Å². The number of aryl methyl sites for hydroxylation is 1. The molecule has 1 aromatic carbocycles. The Hall–Kier alpha value is -2.60. The van der Waals surface area contributed by atoms with Crippen molar-refractivity contribution < 1.29 is 19.4 Å². The van der Waals surface area contributed by atoms with Crippen LogP contribution in [0.15, 0.2) is 46.5 Å². The number of nitrogens with two attached hydrogens (primary N) is 1. The van der Waals surface area contributed by atoms with Crippen LogP contribution < -0.4 is 10.5 Å². The number of allylic oxidation sites excluding steroid dienone is 1. The molecule has 1 unspecified atom stereocenters. The van der Waals surface area contributed by atoms with Crippen LogP contribution in [0.4, 0.5) is 4.79 Å². The molecule has 3 N–H and O–H groups in total. The number of nitrogens with zero attached hydrogens (tertiary/aromatic N) is 1. The normalized spacial score (nSPS) is 18.7. The maximum atomic E-state index is 12.0. The summed E-state index contributed by atoms with van der Waals surface area (Å²) in [6.45, 7) is 9.58. The summed E-state index contributed by atoms with van der Waals surface area (Å²) in [5, 5.41) is 9.64. The zero-order valence-electron chi connectivity index (χ0n) is 16.6. The van der Waals surface area contributed by atoms with Crippen molar-refractivity contribution in [2.75, 3.05) is 6.61 Å². The van der Waals surface area contributed by atoms with Gasteiger partial charge in [0.25, 0.3) is 0 Å². The number of rotatable bonds is 4. The standard InChI is InChI=1S/C21H28N2O4/c1-13-10-16(24)12-17(11-13)26-9-8-15-6-7-18(22)19(14(15)2)23-20(25)27-21(3,4)5/h6-7,10-12,18,24H,8-9,22H2,1-5H3. The van der Waals surface area contributed by atoms with Gasteiger partial charge in [0, 0.05) is 12.5 Å². The Morgan fingerprint density at radius 1 is 1.26 bits per heavy atom. The number of aliphatic imine (C=N–C) groups is 1. The van der Waals surface area contributed by atoms with Crippen molar-refractivity contribution in [3.05, 3.63) is 47.1 Å². The van der Waals surface area contributed by atoms with Gasteiger partial charge in [-0.2, -0.15) is 4.99 Å². The van der Waals surface area contributed by atoms with Crippen LogP contribution in [-0.2, 0) is 4.74 Å². The molecule has 1 aliphatic carbocycles. The molecule has 0 aliphatic heterocycles. The topological polar surface area (TPSA) is 94.1 Å². The molecule has 2 rings (SSSR count). The van der Waals surface area contributed by atoms with E-state index in [-0.39, 0.29) is 5.75 Å². The fourth-order valence-corrected chi connectivity index (χ4v) is 2.75. The Balaban J connectivity index is 2.08. The fourth-order valence-electron chi connectivity index (χ4n) is 2.75. The van der Waals surface area contributed by atoms with Gasteiger partial charge >= 0.3 is 6.09 Å². The molecule has 1 aliphatic rings. The van der Waals surface area contributed by atoms with E-state index in [0.717, 1.165) is 16.7 Å². The number of phenols is 1. The van der Waals surface area contributed by atoms with Crippen LogP contribution >= 0.6 is 0 Å². The van der Waals surface area contributed by atoms with Crippen LogP contribution in [0.25, 0.3) is 0 Å². The Morgan fingerprint density at radius 3 is 2.59 bits per heavy atom. The van der Waals surface area contributed by atoms with Crippen molar-refractivity contribution in [3.8, 4) is 11.5 Å². The highest BCUT2D eigenvalue weighted by Crippen LogP contribution is 2.23. The molecule has 1 aromatic rings. The third-order valence-corrected chi connectivity index (χ3v) is 3.97. The van der Waals surface area contributed by atoms with E-state index in [0.29, 0.717) is 24.5 Å². The third kappa shape index (κ3) is 6.25. The summed E-state index contributed by atoms with van der Waals surface area (Å²) in [7, 11) is 0. The van der Waals surface area contributed by atoms with Gasteiger partial charge in [0.15, 0.2) is 0 Å². The lowest BCUT2D eigenvalue weighted by Gasteiger charge is -2.22. The Bertz CT molecular complexity index is 781. The molecular formula is C21H28N2O4. The molecule has 6 heteroatoms. The average molecular weight is 372 g/mol. The van der Waals surface area contributed by atoms with E-state index in [1.54, 1.807) is 32.9 Å². The second kappa shape index (κ2) is 8.39. The second-order valence-corrected chi connectivity index (χ2v) is 7.62. The Kier molecular flexibility index (Phi) is 6.44. The first-order chi connectivity index (χ1) is 12.5. The van der Waals surface area contributed by atoms with Gasteiger partial charge < -0.3 is 20.3 Å². The summed E-state index contributed by atoms with van der Waals surface area (Å²) < 4.78 is 11.0. The van der Waals surface area contributed by atoms with Crippen molar-refractivity contribution in [2.45, 2.75) is 52.7 Å². The van der Waals surface area contributed by atoms with Gasteiger partial charge in [0.1, 0.15) is 17.1 Å². The molecule has 27 heavy (non-hydrogen) atoms. The van der Waals surface area contributed by atoms with Crippen LogP contribution in [0.5, 0.6) is 11.5 Å². The number of benzene rings is 1. The molecule has 0 heterocycles. The molecular weight excluding hydrogens is 344 g/mol. The molecule has 0 radical (unpaired) electrons. The molecule has 146 valence electrons. The van der Waals surface area contributed by atoms with E-state index in [1.165, 1.54) is 0 Å². The first-order valence-corrected chi connectivity index (χ1v) is 8.94. The molecule has 0 bridgehead atoms. The predicted molar refractivity (Wildman–Crippen MR) is 106 cm³/mol. The van der Waals surface area contributed by atoms with E-state index in [9.17, 15) is 9.90 Å². The van der Waals surface area contributed by atoms with Crippen LogP contribution in [0, 0.1) is 6.92 Å². The summed E-state index contributed by atoms with van der Waals surface area (Å²) in [6.07, 6.45) is 3.72. The van der Waals surface area contributed by atoms with Gasteiger partial charge in [0.05, 0.1) is 18.4 Å². The SMILES string of the molecule is CC1=C(CCOc2cc(C)cc(O)c2)C=CC(N)C1=NC(=O)OC(C)(C)C. The molecule has 6 nitrogen and oxygen atoms in total. The molecule has 0 spiro atoms. The van der Waals surface area contributed by atoms with Gasteiger partial charge in [0.2, 0.25) is 0 Å². The summed E-state index contributed by atoms with van der Waals surface area (Å²) in [5.41, 5.74) is 8.76. The van der Waals surface area contributed by atoms with Crippen molar-refractivity contribution in [3.63, 3.8) is 0 Å². The first kappa shape index (κ1) is 20.7. The molecule has 0 saturated carbocycles. The smallest absolute Gasteiger partial charge is 0.434 e. The van der Waals surface area contributed by atoms with Crippen LogP contribution in [0.3, 0.4) is 0 Å². The van der Waals surface area contributed by atoms with Crippen LogP contribution in [0.2, 0.25) is 0 Å². The highest BCUT2D eigenvalue weighted by atomic mass is 16.6. The lowest BCUT2D eigenvalue weighted by atomic mass is 9.92. The number of amides is 1. The van der Waals surface area contributed by atoms with Gasteiger partial charge in [-0.05, 0) is 63.5 Å². The average Bonchev–Trinajstić information content (AvgIpc) is 2.51. The van der Waals surface area contributed by atoms with Crippen molar-refractivity contribution in [2.24, 2.45) is 10.7 Å². The van der Waals surface area contributed by atoms with Crippen molar-refractivity contribution in [1.29, 1.82) is 0 Å². The van der Waals surface area contributed by atoms with Crippen molar-refractivity contribution >= 4 is 11.8 Å². The molecule has 0 aromatic heterocycles. The number of carbonyl (C=O) groups excluding carboxylic acids is 1. The van der Waals surface area contributed by atoms with Gasteiger partial charge in [-0.15, -0.1) is 0 Å². The zero-order valence-corrected chi connectivity index (χ0v) is 16.6. The minimum absolute atomic E-state index is 0.177. The predicted octanol–water partition coefficient (Wildman–Crippen LogP) is 4.06. The maximum Gasteiger partial charge on any atom is 0.434 e. The maximum absolute atomic E-state index is 12.0. The number of carbonyl (C=O) groups is 1. The highest BCUT2D eigenvalue weighted by Gasteiger charge is 2.22. The minimum Gasteiger partial charge on any atom is -0.508 e. The van der Waals surface area contributed by atoms with Crippen LogP contribution in [-0.4, -0.2) is 35.2 Å². The lowest BCUT2D eigenvalue weighted by molar-refractivity contribution is 0.0604. The quantitative estimate of drug-likeness (QED) is 0.831. The second-order valence-electron chi connectivity index (χ2n) is 7.62. The molecule has 1 amide bonds. The summed E-state index contributed by atoms with van der Waals surface area (Å²) in [6, 6.07) is 4.67. The van der Waals surface area contributed by atoms with E-state index in [4.69, 9.17) is 15.2 Å². The van der Waals surface area contributed by atoms with E-state index < -0.39 is 17.7 Å². The summed E-state index contributed by atoms with van der Waals surface area (Å²) >= 11 is 0. The van der Waals surface area contributed by atoms with Gasteiger partial charge in [-0.1, -0.05) is 12.2 Å². The largest absolute Gasteiger partial charge is 0.508 e. The van der Waals surface area contributed by atoms with Crippen LogP contribution in [0.1, 0.15) is 39.7 Å². The van der Waals surface area contributed by atoms with E-state index in [1.807, 2.05) is 32.1 Å². The Labute approximate surface area is 160 Å². The van der Waals surface area contributed by atoms with Crippen molar-refractivity contribution in [1.82, 2.24) is 0 Å². The highest BCUT2D eigenvalue weighted by molar-refractivity contribution is 6.10. The first-order valence-electron chi connectivity index (χ1n) is 8.94. The fraction of sp³-hybridized carbons (Fsp3) is 0.429. The minimum atomic E-state index is -0.645. The number of ether oxygens (including phenoxy) is 2. The summed E-state index contributed by atoms with van der Waals surface area (Å²) in [4.78, 5) is 16.1. The Morgan fingerprint density at radius 2 is 1.96 bits per heavy atom. The third-order valence-electron chi connectivity index (χ3n) is 3.97. The number of aromatic hydroxyl groups is 1. The summed E-state index contributed by atoms with van der Waals surface area (Å²) in [5.74, 6) is 0.792. The monoisotopic (exact) mass is 372 g/mol. The molecule has 1 atom stereocenters. The van der Waals surface area contributed by atoms with Gasteiger partial charge in [-0.3, -0.25) is 0 Å². The number of hydrogen-bond donors (Lipinski definition) is 2. The zero-order chi connectivity index (χ0) is 20.2. The lowest BCUT2D eigenvalue weighted by Crippen LogP contribution is -2.33. The number of hydrogen-bond acceptors (Lipinski definition) is 5. The number of phenolic OH excluding ortho intramolecular Hbond substituents is 1. The molecule has 0 fully saturated rings.